The van der Waals surface area contributed by atoms with Crippen LogP contribution in [0.5, 0.6) is 0 Å². The first-order valence-electron chi connectivity index (χ1n) is 6.87. The molecule has 5 heteroatoms. The molecule has 1 aliphatic carbocycles. The first-order valence-corrected chi connectivity index (χ1v) is 7.28. The van der Waals surface area contributed by atoms with Crippen molar-refractivity contribution in [3.63, 3.8) is 0 Å². The Morgan fingerprint density at radius 1 is 1.37 bits per heavy atom. The summed E-state index contributed by atoms with van der Waals surface area (Å²) in [5.41, 5.74) is 7.17. The summed E-state index contributed by atoms with van der Waals surface area (Å²) in [6.07, 6.45) is 3.68. The maximum atomic E-state index is 5.64. The van der Waals surface area contributed by atoms with Gasteiger partial charge in [-0.1, -0.05) is 26.1 Å². The van der Waals surface area contributed by atoms with E-state index in [1.807, 2.05) is 13.0 Å². The highest BCUT2D eigenvalue weighted by molar-refractivity contribution is 7.80. The summed E-state index contributed by atoms with van der Waals surface area (Å²) in [5, 5.41) is 3.45. The molecule has 0 radical (unpaired) electrons. The van der Waals surface area contributed by atoms with Gasteiger partial charge in [0.1, 0.15) is 10.7 Å². The fraction of sp³-hybridized carbons (Fsp3) is 0.643. The lowest BCUT2D eigenvalue weighted by atomic mass is 9.80. The van der Waals surface area contributed by atoms with Gasteiger partial charge in [0.2, 0.25) is 5.95 Å². The second-order valence-electron chi connectivity index (χ2n) is 5.73. The standard InChI is InChI=1S/C14H22N4S/c1-8-4-5-11(9(2)6-8)17-14-16-10(3)7-12(18-14)13(15)19/h7-9,11H,4-6H2,1-3H3,(H2,15,19)(H,16,17,18). The van der Waals surface area contributed by atoms with Gasteiger partial charge in [0.05, 0.1) is 0 Å². The third kappa shape index (κ3) is 3.62. The molecule has 0 spiro atoms. The van der Waals surface area contributed by atoms with Crippen molar-refractivity contribution in [1.82, 2.24) is 9.97 Å². The number of hydrogen-bond acceptors (Lipinski definition) is 4. The van der Waals surface area contributed by atoms with E-state index in [1.54, 1.807) is 0 Å². The van der Waals surface area contributed by atoms with Crippen LogP contribution >= 0.6 is 12.2 Å². The largest absolute Gasteiger partial charge is 0.388 e. The van der Waals surface area contributed by atoms with Crippen LogP contribution in [-0.4, -0.2) is 21.0 Å². The quantitative estimate of drug-likeness (QED) is 0.832. The smallest absolute Gasteiger partial charge is 0.223 e. The Balaban J connectivity index is 2.12. The molecule has 1 heterocycles. The molecule has 3 atom stereocenters. The molecule has 19 heavy (non-hydrogen) atoms. The van der Waals surface area contributed by atoms with Crippen LogP contribution in [0.25, 0.3) is 0 Å². The molecular weight excluding hydrogens is 256 g/mol. The Morgan fingerprint density at radius 3 is 2.74 bits per heavy atom. The van der Waals surface area contributed by atoms with Crippen LogP contribution in [-0.2, 0) is 0 Å². The van der Waals surface area contributed by atoms with Crippen molar-refractivity contribution in [2.24, 2.45) is 17.6 Å². The van der Waals surface area contributed by atoms with E-state index in [4.69, 9.17) is 18.0 Å². The first-order chi connectivity index (χ1) is 8.95. The summed E-state index contributed by atoms with van der Waals surface area (Å²) in [4.78, 5) is 9.14. The normalized spacial score (nSPS) is 27.0. The lowest BCUT2D eigenvalue weighted by molar-refractivity contribution is 0.276. The summed E-state index contributed by atoms with van der Waals surface area (Å²) in [6, 6.07) is 2.26. The minimum atomic E-state index is 0.318. The molecular formula is C14H22N4S. The average Bonchev–Trinajstić information content (AvgIpc) is 2.32. The summed E-state index contributed by atoms with van der Waals surface area (Å²) in [6.45, 7) is 6.54. The molecule has 0 aromatic carbocycles. The van der Waals surface area contributed by atoms with Gasteiger partial charge in [-0.3, -0.25) is 0 Å². The SMILES string of the molecule is Cc1cc(C(N)=S)nc(NC2CCC(C)CC2C)n1. The summed E-state index contributed by atoms with van der Waals surface area (Å²) in [5.74, 6) is 2.11. The summed E-state index contributed by atoms with van der Waals surface area (Å²) in [7, 11) is 0. The van der Waals surface area contributed by atoms with Gasteiger partial charge in [0.25, 0.3) is 0 Å². The van der Waals surface area contributed by atoms with E-state index < -0.39 is 0 Å². The van der Waals surface area contributed by atoms with Crippen molar-refractivity contribution in [2.45, 2.75) is 46.1 Å². The van der Waals surface area contributed by atoms with Crippen molar-refractivity contribution in [3.05, 3.63) is 17.5 Å². The lowest BCUT2D eigenvalue weighted by Crippen LogP contribution is -2.34. The highest BCUT2D eigenvalue weighted by Gasteiger charge is 2.25. The fourth-order valence-electron chi connectivity index (χ4n) is 2.80. The van der Waals surface area contributed by atoms with Crippen molar-refractivity contribution >= 4 is 23.2 Å². The number of nitrogens with zero attached hydrogens (tertiary/aromatic N) is 2. The van der Waals surface area contributed by atoms with Crippen molar-refractivity contribution in [3.8, 4) is 0 Å². The third-order valence-electron chi connectivity index (χ3n) is 3.85. The predicted molar refractivity (Wildman–Crippen MR) is 82.2 cm³/mol. The van der Waals surface area contributed by atoms with Gasteiger partial charge in [-0.05, 0) is 44.1 Å². The number of hydrogen-bond donors (Lipinski definition) is 2. The van der Waals surface area contributed by atoms with Gasteiger partial charge in [0.15, 0.2) is 0 Å². The Morgan fingerprint density at radius 2 is 2.11 bits per heavy atom. The average molecular weight is 278 g/mol. The van der Waals surface area contributed by atoms with Crippen molar-refractivity contribution in [2.75, 3.05) is 5.32 Å². The number of anilines is 1. The van der Waals surface area contributed by atoms with E-state index in [0.29, 0.717) is 28.6 Å². The molecule has 3 unspecified atom stereocenters. The molecule has 3 N–H and O–H groups in total. The molecule has 0 amide bonds. The number of nitrogens with one attached hydrogen (secondary N) is 1. The highest BCUT2D eigenvalue weighted by atomic mass is 32.1. The first kappa shape index (κ1) is 14.2. The van der Waals surface area contributed by atoms with Crippen molar-refractivity contribution < 1.29 is 0 Å². The molecule has 1 aromatic rings. The maximum absolute atomic E-state index is 5.64. The van der Waals surface area contributed by atoms with Crippen molar-refractivity contribution in [1.29, 1.82) is 0 Å². The van der Waals surface area contributed by atoms with Gasteiger partial charge < -0.3 is 11.1 Å². The molecule has 104 valence electrons. The van der Waals surface area contributed by atoms with Crippen LogP contribution in [0.2, 0.25) is 0 Å². The van der Waals surface area contributed by atoms with Gasteiger partial charge in [0, 0.05) is 11.7 Å². The molecule has 1 aliphatic rings. The van der Waals surface area contributed by atoms with Gasteiger partial charge in [-0.15, -0.1) is 0 Å². The van der Waals surface area contributed by atoms with Crippen LogP contribution in [0, 0.1) is 18.8 Å². The zero-order valence-corrected chi connectivity index (χ0v) is 12.6. The lowest BCUT2D eigenvalue weighted by Gasteiger charge is -2.33. The maximum Gasteiger partial charge on any atom is 0.223 e. The zero-order chi connectivity index (χ0) is 14.0. The topological polar surface area (TPSA) is 63.8 Å². The van der Waals surface area contributed by atoms with Gasteiger partial charge in [-0.25, -0.2) is 9.97 Å². The number of aryl methyl sites for hydroxylation is 1. The van der Waals surface area contributed by atoms with Gasteiger partial charge in [-0.2, -0.15) is 0 Å². The number of rotatable bonds is 3. The Labute approximate surface area is 120 Å². The Bertz CT molecular complexity index is 475. The second-order valence-corrected chi connectivity index (χ2v) is 6.17. The van der Waals surface area contributed by atoms with Gasteiger partial charge >= 0.3 is 0 Å². The predicted octanol–water partition coefficient (Wildman–Crippen LogP) is 2.66. The van der Waals surface area contributed by atoms with E-state index in [1.165, 1.54) is 19.3 Å². The molecule has 4 nitrogen and oxygen atoms in total. The number of thiocarbonyl (C=S) groups is 1. The van der Waals surface area contributed by atoms with E-state index >= 15 is 0 Å². The van der Waals surface area contributed by atoms with E-state index in [2.05, 4.69) is 29.1 Å². The fourth-order valence-corrected chi connectivity index (χ4v) is 2.91. The van der Waals surface area contributed by atoms with Crippen LogP contribution in [0.4, 0.5) is 5.95 Å². The molecule has 1 fully saturated rings. The number of aromatic nitrogens is 2. The van der Waals surface area contributed by atoms with E-state index in [9.17, 15) is 0 Å². The summed E-state index contributed by atoms with van der Waals surface area (Å²) < 4.78 is 0. The van der Waals surface area contributed by atoms with Crippen LogP contribution in [0.1, 0.15) is 44.5 Å². The van der Waals surface area contributed by atoms with Crippen LogP contribution < -0.4 is 11.1 Å². The molecule has 0 aliphatic heterocycles. The number of nitrogens with two attached hydrogens (primary N) is 1. The van der Waals surface area contributed by atoms with E-state index in [0.717, 1.165) is 11.6 Å². The minimum absolute atomic E-state index is 0.318. The Kier molecular flexibility index (Phi) is 4.34. The molecule has 0 saturated heterocycles. The molecule has 1 aromatic heterocycles. The minimum Gasteiger partial charge on any atom is -0.388 e. The van der Waals surface area contributed by atoms with E-state index in [-0.39, 0.29) is 0 Å². The summed E-state index contributed by atoms with van der Waals surface area (Å²) >= 11 is 4.98. The third-order valence-corrected chi connectivity index (χ3v) is 4.06. The monoisotopic (exact) mass is 278 g/mol. The molecule has 1 saturated carbocycles. The zero-order valence-electron chi connectivity index (χ0n) is 11.8. The molecule has 0 bridgehead atoms. The van der Waals surface area contributed by atoms with Crippen LogP contribution in [0.15, 0.2) is 6.07 Å². The molecule has 2 rings (SSSR count). The highest BCUT2D eigenvalue weighted by Crippen LogP contribution is 2.30. The Hall–Kier alpha value is -1.23. The van der Waals surface area contributed by atoms with Crippen LogP contribution in [0.3, 0.4) is 0 Å². The second kappa shape index (κ2) is 5.82.